The molecule has 1 fully saturated rings. The quantitative estimate of drug-likeness (QED) is 0.660. The van der Waals surface area contributed by atoms with E-state index in [0.29, 0.717) is 5.69 Å². The molecule has 1 aromatic rings. The molecule has 0 amide bonds. The third kappa shape index (κ3) is 1.43. The predicted molar refractivity (Wildman–Crippen MR) is 57.9 cm³/mol. The molecule has 1 aromatic heterocycles. The second-order valence-corrected chi connectivity index (χ2v) is 4.77. The van der Waals surface area contributed by atoms with Crippen LogP contribution >= 0.6 is 0 Å². The van der Waals surface area contributed by atoms with E-state index in [4.69, 9.17) is 10.2 Å². The van der Waals surface area contributed by atoms with E-state index in [9.17, 15) is 14.4 Å². The van der Waals surface area contributed by atoms with Gasteiger partial charge in [-0.2, -0.15) is 5.10 Å². The first-order valence-electron chi connectivity index (χ1n) is 5.33. The number of hydrogen-bond donors (Lipinski definition) is 3. The minimum Gasteiger partial charge on any atom is -0.480 e. The molecule has 96 valence electrons. The number of nitrogens with zero attached hydrogens (tertiary/aromatic N) is 1. The Morgan fingerprint density at radius 2 is 2.00 bits per heavy atom. The number of hydrogen-bond acceptors (Lipinski definition) is 4. The van der Waals surface area contributed by atoms with Crippen LogP contribution in [0.5, 0.6) is 0 Å². The number of H-pyrrole nitrogens is 1. The standard InChI is InChI=1S/C11H12N2O5/c1-10(6-2-3-12-13-6)5-11(8(15)16,9(17)18)4-7(10)14/h2-3H,4-5H2,1H3,(H,12,13)(H,15,16)(H,17,18)/t10-/m1/s1. The van der Waals surface area contributed by atoms with Gasteiger partial charge in [-0.3, -0.25) is 19.5 Å². The highest BCUT2D eigenvalue weighted by Gasteiger charge is 2.61. The average molecular weight is 252 g/mol. The monoisotopic (exact) mass is 252 g/mol. The molecule has 1 atom stereocenters. The van der Waals surface area contributed by atoms with E-state index in [2.05, 4.69) is 10.2 Å². The highest BCUT2D eigenvalue weighted by molar-refractivity contribution is 6.08. The van der Waals surface area contributed by atoms with E-state index in [1.54, 1.807) is 6.07 Å². The van der Waals surface area contributed by atoms with Crippen molar-refractivity contribution in [2.24, 2.45) is 5.41 Å². The number of carbonyl (C=O) groups excluding carboxylic acids is 1. The maximum atomic E-state index is 12.0. The largest absolute Gasteiger partial charge is 0.480 e. The van der Waals surface area contributed by atoms with Crippen molar-refractivity contribution < 1.29 is 24.6 Å². The first-order valence-corrected chi connectivity index (χ1v) is 5.33. The van der Waals surface area contributed by atoms with Crippen molar-refractivity contribution in [2.75, 3.05) is 0 Å². The van der Waals surface area contributed by atoms with Gasteiger partial charge in [-0.25, -0.2) is 0 Å². The van der Waals surface area contributed by atoms with Crippen LogP contribution in [0.15, 0.2) is 12.3 Å². The van der Waals surface area contributed by atoms with Gasteiger partial charge in [0, 0.05) is 18.3 Å². The molecule has 0 saturated heterocycles. The van der Waals surface area contributed by atoms with E-state index in [1.807, 2.05) is 0 Å². The van der Waals surface area contributed by atoms with Crippen molar-refractivity contribution in [1.82, 2.24) is 10.2 Å². The number of carboxylic acids is 2. The zero-order chi connectivity index (χ0) is 13.6. The van der Waals surface area contributed by atoms with Crippen LogP contribution in [0, 0.1) is 5.41 Å². The Morgan fingerprint density at radius 1 is 1.39 bits per heavy atom. The molecule has 7 nitrogen and oxygen atoms in total. The van der Waals surface area contributed by atoms with E-state index >= 15 is 0 Å². The number of Topliss-reactive ketones (excluding diaryl/α,β-unsaturated/α-hetero) is 1. The molecule has 1 aliphatic rings. The van der Waals surface area contributed by atoms with Crippen LogP contribution in [0.2, 0.25) is 0 Å². The number of carboxylic acid groups (broad SMARTS) is 2. The second kappa shape index (κ2) is 3.66. The lowest BCUT2D eigenvalue weighted by molar-refractivity contribution is -0.164. The fourth-order valence-electron chi connectivity index (χ4n) is 2.44. The Bertz CT molecular complexity index is 508. The fourth-order valence-corrected chi connectivity index (χ4v) is 2.44. The summed E-state index contributed by atoms with van der Waals surface area (Å²) in [4.78, 5) is 34.5. The molecular weight excluding hydrogens is 240 g/mol. The summed E-state index contributed by atoms with van der Waals surface area (Å²) in [6.07, 6.45) is 0.661. The first kappa shape index (κ1) is 12.3. The molecule has 7 heteroatoms. The molecule has 0 aromatic carbocycles. The van der Waals surface area contributed by atoms with Gasteiger partial charge >= 0.3 is 11.9 Å². The molecule has 1 saturated carbocycles. The van der Waals surface area contributed by atoms with Crippen LogP contribution in [0.3, 0.4) is 0 Å². The Morgan fingerprint density at radius 3 is 2.39 bits per heavy atom. The van der Waals surface area contributed by atoms with Gasteiger partial charge in [0.2, 0.25) is 0 Å². The van der Waals surface area contributed by atoms with E-state index in [-0.39, 0.29) is 6.42 Å². The number of ketones is 1. The SMILES string of the molecule is C[C@]1(c2ccn[nH]2)CC(C(=O)O)(C(=O)O)CC1=O. The zero-order valence-electron chi connectivity index (χ0n) is 9.64. The molecule has 1 heterocycles. The van der Waals surface area contributed by atoms with Crippen LogP contribution in [-0.4, -0.2) is 38.1 Å². The lowest BCUT2D eigenvalue weighted by Gasteiger charge is -2.23. The van der Waals surface area contributed by atoms with Crippen molar-refractivity contribution >= 4 is 17.7 Å². The lowest BCUT2D eigenvalue weighted by atomic mass is 9.78. The van der Waals surface area contributed by atoms with Gasteiger partial charge in [-0.15, -0.1) is 0 Å². The van der Waals surface area contributed by atoms with Crippen LogP contribution < -0.4 is 0 Å². The Kier molecular flexibility index (Phi) is 2.50. The number of carbonyl (C=O) groups is 3. The summed E-state index contributed by atoms with van der Waals surface area (Å²) in [7, 11) is 0. The predicted octanol–water partition coefficient (Wildman–Crippen LogP) is 0.186. The third-order valence-electron chi connectivity index (χ3n) is 3.65. The number of aliphatic carboxylic acids is 2. The molecule has 0 bridgehead atoms. The van der Waals surface area contributed by atoms with Gasteiger partial charge < -0.3 is 10.2 Å². The van der Waals surface area contributed by atoms with Gasteiger partial charge in [0.15, 0.2) is 5.41 Å². The highest BCUT2D eigenvalue weighted by atomic mass is 16.4. The maximum absolute atomic E-state index is 12.0. The summed E-state index contributed by atoms with van der Waals surface area (Å²) in [5, 5.41) is 24.6. The van der Waals surface area contributed by atoms with Crippen molar-refractivity contribution in [3.63, 3.8) is 0 Å². The van der Waals surface area contributed by atoms with Crippen molar-refractivity contribution in [1.29, 1.82) is 0 Å². The molecule has 0 radical (unpaired) electrons. The summed E-state index contributed by atoms with van der Waals surface area (Å²) in [5.41, 5.74) is -2.75. The van der Waals surface area contributed by atoms with Gasteiger partial charge in [-0.05, 0) is 19.4 Å². The van der Waals surface area contributed by atoms with Gasteiger partial charge in [0.05, 0.1) is 5.41 Å². The lowest BCUT2D eigenvalue weighted by Crippen LogP contribution is -2.38. The molecule has 0 aliphatic heterocycles. The Labute approximate surface area is 102 Å². The van der Waals surface area contributed by atoms with Crippen molar-refractivity contribution in [3.05, 3.63) is 18.0 Å². The smallest absolute Gasteiger partial charge is 0.321 e. The number of aromatic nitrogens is 2. The van der Waals surface area contributed by atoms with Crippen LogP contribution in [0.25, 0.3) is 0 Å². The number of rotatable bonds is 3. The normalized spacial score (nSPS) is 26.2. The van der Waals surface area contributed by atoms with Crippen LogP contribution in [-0.2, 0) is 19.8 Å². The van der Waals surface area contributed by atoms with Crippen molar-refractivity contribution in [2.45, 2.75) is 25.2 Å². The molecular formula is C11H12N2O5. The molecule has 2 rings (SSSR count). The zero-order valence-corrected chi connectivity index (χ0v) is 9.64. The average Bonchev–Trinajstić information content (AvgIpc) is 2.87. The summed E-state index contributed by atoms with van der Waals surface area (Å²) >= 11 is 0. The summed E-state index contributed by atoms with van der Waals surface area (Å²) in [6.45, 7) is 1.54. The molecule has 3 N–H and O–H groups in total. The maximum Gasteiger partial charge on any atom is 0.321 e. The van der Waals surface area contributed by atoms with E-state index in [1.165, 1.54) is 13.1 Å². The van der Waals surface area contributed by atoms with Gasteiger partial charge in [0.25, 0.3) is 0 Å². The summed E-state index contributed by atoms with van der Waals surface area (Å²) in [5.74, 6) is -3.37. The van der Waals surface area contributed by atoms with Crippen LogP contribution in [0.1, 0.15) is 25.5 Å². The van der Waals surface area contributed by atoms with Gasteiger partial charge in [-0.1, -0.05) is 0 Å². The third-order valence-corrected chi connectivity index (χ3v) is 3.65. The molecule has 0 spiro atoms. The topological polar surface area (TPSA) is 120 Å². The minimum absolute atomic E-state index is 0.272. The Balaban J connectivity index is 2.48. The molecule has 1 aliphatic carbocycles. The number of nitrogens with one attached hydrogen (secondary N) is 1. The fraction of sp³-hybridized carbons (Fsp3) is 0.455. The second-order valence-electron chi connectivity index (χ2n) is 4.77. The first-order chi connectivity index (χ1) is 8.33. The van der Waals surface area contributed by atoms with Gasteiger partial charge in [0.1, 0.15) is 5.78 Å². The highest BCUT2D eigenvalue weighted by Crippen LogP contribution is 2.48. The summed E-state index contributed by atoms with van der Waals surface area (Å²) < 4.78 is 0. The molecule has 18 heavy (non-hydrogen) atoms. The van der Waals surface area contributed by atoms with Crippen molar-refractivity contribution in [3.8, 4) is 0 Å². The van der Waals surface area contributed by atoms with E-state index < -0.39 is 35.0 Å². The number of aromatic amines is 1. The molecule has 0 unspecified atom stereocenters. The minimum atomic E-state index is -2.04. The Hall–Kier alpha value is -2.18. The summed E-state index contributed by atoms with van der Waals surface area (Å²) in [6, 6.07) is 1.55. The van der Waals surface area contributed by atoms with E-state index in [0.717, 1.165) is 0 Å². The van der Waals surface area contributed by atoms with Crippen LogP contribution in [0.4, 0.5) is 0 Å².